The van der Waals surface area contributed by atoms with E-state index in [1.165, 1.54) is 0 Å². The van der Waals surface area contributed by atoms with Gasteiger partial charge in [-0.1, -0.05) is 76.2 Å². The number of carbonyl (C=O) groups excluding carboxylic acids is 2. The van der Waals surface area contributed by atoms with Gasteiger partial charge in [-0.2, -0.15) is 0 Å². The molecule has 0 bridgehead atoms. The van der Waals surface area contributed by atoms with E-state index in [4.69, 9.17) is 9.47 Å². The predicted octanol–water partition coefficient (Wildman–Crippen LogP) is 6.29. The fourth-order valence-electron chi connectivity index (χ4n) is 3.30. The molecule has 0 radical (unpaired) electrons. The van der Waals surface area contributed by atoms with Crippen LogP contribution in [0, 0.1) is 0 Å². The van der Waals surface area contributed by atoms with E-state index in [1.807, 2.05) is 48.5 Å². The van der Waals surface area contributed by atoms with Gasteiger partial charge in [-0.25, -0.2) is 9.59 Å². The van der Waals surface area contributed by atoms with Gasteiger partial charge in [0.15, 0.2) is 0 Å². The lowest BCUT2D eigenvalue weighted by molar-refractivity contribution is 0.0502. The lowest BCUT2D eigenvalue weighted by Crippen LogP contribution is -2.41. The van der Waals surface area contributed by atoms with Crippen LogP contribution < -0.4 is 15.4 Å². The van der Waals surface area contributed by atoms with Crippen LogP contribution >= 0.6 is 0 Å². The Labute approximate surface area is 191 Å². The van der Waals surface area contributed by atoms with E-state index in [2.05, 4.69) is 38.3 Å². The van der Waals surface area contributed by atoms with Crippen molar-refractivity contribution in [1.29, 1.82) is 0 Å². The molecular weight excluding hydrogens is 404 g/mol. The molecule has 6 nitrogen and oxygen atoms in total. The second-order valence-corrected chi connectivity index (χ2v) is 9.45. The number of alkyl carbamates (subject to hydrolysis) is 1. The van der Waals surface area contributed by atoms with Crippen molar-refractivity contribution in [2.75, 3.05) is 6.54 Å². The molecule has 6 heteroatoms. The molecule has 0 fully saturated rings. The minimum absolute atomic E-state index is 0.156. The predicted molar refractivity (Wildman–Crippen MR) is 127 cm³/mol. The van der Waals surface area contributed by atoms with Crippen LogP contribution in [0.2, 0.25) is 0 Å². The fourth-order valence-corrected chi connectivity index (χ4v) is 3.30. The maximum atomic E-state index is 12.7. The molecule has 2 N–H and O–H groups in total. The third-order valence-electron chi connectivity index (χ3n) is 4.86. The van der Waals surface area contributed by atoms with Gasteiger partial charge in [-0.15, -0.1) is 0 Å². The van der Waals surface area contributed by atoms with Crippen molar-refractivity contribution in [3.63, 3.8) is 0 Å². The number of rotatable bonds is 7. The molecule has 0 aromatic heterocycles. The lowest BCUT2D eigenvalue weighted by atomic mass is 9.94. The van der Waals surface area contributed by atoms with Crippen molar-refractivity contribution in [2.45, 2.75) is 71.9 Å². The summed E-state index contributed by atoms with van der Waals surface area (Å²) in [6.45, 7) is 13.8. The highest BCUT2D eigenvalue weighted by Gasteiger charge is 2.22. The van der Waals surface area contributed by atoms with Crippen molar-refractivity contribution < 1.29 is 19.1 Å². The van der Waals surface area contributed by atoms with E-state index in [9.17, 15) is 9.59 Å². The fraction of sp³-hybridized carbons (Fsp3) is 0.462. The van der Waals surface area contributed by atoms with E-state index < -0.39 is 23.8 Å². The summed E-state index contributed by atoms with van der Waals surface area (Å²) in [4.78, 5) is 25.1. The Morgan fingerprint density at radius 2 is 1.41 bits per heavy atom. The number of ether oxygens (including phenoxy) is 2. The molecule has 0 heterocycles. The maximum absolute atomic E-state index is 12.7. The number of amides is 2. The number of nitrogens with one attached hydrogen (secondary N) is 2. The molecule has 174 valence electrons. The van der Waals surface area contributed by atoms with Crippen LogP contribution in [0.25, 0.3) is 0 Å². The molecule has 0 saturated heterocycles. The minimum atomic E-state index is -0.620. The Morgan fingerprint density at radius 3 is 1.91 bits per heavy atom. The average Bonchev–Trinajstić information content (AvgIpc) is 2.70. The minimum Gasteiger partial charge on any atom is -0.444 e. The zero-order valence-electron chi connectivity index (χ0n) is 20.2. The summed E-state index contributed by atoms with van der Waals surface area (Å²) in [6, 6.07) is 14.9. The third-order valence-corrected chi connectivity index (χ3v) is 4.86. The topological polar surface area (TPSA) is 76.7 Å². The van der Waals surface area contributed by atoms with Gasteiger partial charge in [0, 0.05) is 6.54 Å². The largest absolute Gasteiger partial charge is 0.444 e. The van der Waals surface area contributed by atoms with E-state index in [-0.39, 0.29) is 18.4 Å². The Bertz CT molecular complexity index is 876. The summed E-state index contributed by atoms with van der Waals surface area (Å²) in [6.07, 6.45) is -1.11. The van der Waals surface area contributed by atoms with Crippen LogP contribution in [0.4, 0.5) is 9.59 Å². The highest BCUT2D eigenvalue weighted by atomic mass is 16.6. The standard InChI is InChI=1S/C26H36N2O4/c1-17(2)20-14-11-15-21(18(3)4)23(20)31-24(29)27-16-22(19-12-9-8-10-13-19)28-25(30)32-26(5,6)7/h8-15,17-18,22H,16H2,1-7H3,(H,27,29)(H,28,30). The average molecular weight is 441 g/mol. The molecular formula is C26H36N2O4. The first-order chi connectivity index (χ1) is 15.0. The molecule has 0 saturated carbocycles. The maximum Gasteiger partial charge on any atom is 0.412 e. The second-order valence-electron chi connectivity index (χ2n) is 9.45. The summed E-state index contributed by atoms with van der Waals surface area (Å²) in [5.41, 5.74) is 2.20. The third kappa shape index (κ3) is 7.59. The van der Waals surface area contributed by atoms with Gasteiger partial charge in [0.2, 0.25) is 0 Å². The molecule has 2 amide bonds. The zero-order valence-corrected chi connectivity index (χ0v) is 20.2. The van der Waals surface area contributed by atoms with Gasteiger partial charge in [0.25, 0.3) is 0 Å². The van der Waals surface area contributed by atoms with Crippen molar-refractivity contribution in [1.82, 2.24) is 10.6 Å². The Hall–Kier alpha value is -3.02. The Kier molecular flexibility index (Phi) is 8.70. The highest BCUT2D eigenvalue weighted by Crippen LogP contribution is 2.34. The summed E-state index contributed by atoms with van der Waals surface area (Å²) in [5, 5.41) is 5.64. The van der Waals surface area contributed by atoms with E-state index in [0.717, 1.165) is 16.7 Å². The summed E-state index contributed by atoms with van der Waals surface area (Å²) < 4.78 is 11.2. The molecule has 2 aromatic carbocycles. The van der Waals surface area contributed by atoms with Crippen LogP contribution in [0.3, 0.4) is 0 Å². The van der Waals surface area contributed by atoms with Gasteiger partial charge in [-0.3, -0.25) is 0 Å². The van der Waals surface area contributed by atoms with Gasteiger partial charge in [0.05, 0.1) is 6.04 Å². The quantitative estimate of drug-likeness (QED) is 0.531. The monoisotopic (exact) mass is 440 g/mol. The van der Waals surface area contributed by atoms with Crippen molar-refractivity contribution in [3.8, 4) is 5.75 Å². The summed E-state index contributed by atoms with van der Waals surface area (Å²) >= 11 is 0. The number of carbonyl (C=O) groups is 2. The van der Waals surface area contributed by atoms with Crippen LogP contribution in [0.15, 0.2) is 48.5 Å². The van der Waals surface area contributed by atoms with Gasteiger partial charge >= 0.3 is 12.2 Å². The van der Waals surface area contributed by atoms with E-state index >= 15 is 0 Å². The van der Waals surface area contributed by atoms with Crippen molar-refractivity contribution >= 4 is 12.2 Å². The number of para-hydroxylation sites is 1. The Morgan fingerprint density at radius 1 is 0.844 bits per heavy atom. The van der Waals surface area contributed by atoms with Crippen molar-refractivity contribution in [3.05, 3.63) is 65.2 Å². The molecule has 0 spiro atoms. The number of benzene rings is 2. The normalized spacial score (nSPS) is 12.4. The van der Waals surface area contributed by atoms with Gasteiger partial charge in [-0.05, 0) is 49.3 Å². The first kappa shape index (κ1) is 25.2. The molecule has 0 aliphatic heterocycles. The van der Waals surface area contributed by atoms with Crippen LogP contribution in [-0.4, -0.2) is 24.3 Å². The SMILES string of the molecule is CC(C)c1cccc(C(C)C)c1OC(=O)NCC(NC(=O)OC(C)(C)C)c1ccccc1. The lowest BCUT2D eigenvalue weighted by Gasteiger charge is -2.24. The smallest absolute Gasteiger partial charge is 0.412 e. The van der Waals surface area contributed by atoms with Crippen molar-refractivity contribution in [2.24, 2.45) is 0 Å². The molecule has 2 rings (SSSR count). The first-order valence-electron chi connectivity index (χ1n) is 11.1. The van der Waals surface area contributed by atoms with Gasteiger partial charge in [0.1, 0.15) is 11.4 Å². The molecule has 1 atom stereocenters. The molecule has 1 unspecified atom stereocenters. The molecule has 0 aliphatic carbocycles. The summed E-state index contributed by atoms with van der Waals surface area (Å²) in [5.74, 6) is 1.02. The number of hydrogen-bond donors (Lipinski definition) is 2. The highest BCUT2D eigenvalue weighted by molar-refractivity contribution is 5.72. The zero-order chi connectivity index (χ0) is 23.9. The second kappa shape index (κ2) is 11.0. The first-order valence-corrected chi connectivity index (χ1v) is 11.1. The van der Waals surface area contributed by atoms with E-state index in [1.54, 1.807) is 20.8 Å². The van der Waals surface area contributed by atoms with Crippen LogP contribution in [0.5, 0.6) is 5.75 Å². The van der Waals surface area contributed by atoms with Gasteiger partial charge < -0.3 is 20.1 Å². The molecule has 0 aliphatic rings. The number of hydrogen-bond acceptors (Lipinski definition) is 4. The molecule has 32 heavy (non-hydrogen) atoms. The van der Waals surface area contributed by atoms with Crippen LogP contribution in [-0.2, 0) is 4.74 Å². The van der Waals surface area contributed by atoms with Crippen LogP contribution in [0.1, 0.15) is 83.0 Å². The molecule has 2 aromatic rings. The van der Waals surface area contributed by atoms with E-state index in [0.29, 0.717) is 5.75 Å². The summed E-state index contributed by atoms with van der Waals surface area (Å²) in [7, 11) is 0. The Balaban J connectivity index is 2.15.